The lowest BCUT2D eigenvalue weighted by atomic mass is 9.78. The third kappa shape index (κ3) is 3.08. The van der Waals surface area contributed by atoms with Crippen LogP contribution in [-0.2, 0) is 0 Å². The van der Waals surface area contributed by atoms with Gasteiger partial charge in [0.15, 0.2) is 11.6 Å². The maximum atomic E-state index is 5.82. The molecule has 0 spiro atoms. The number of anilines is 2. The van der Waals surface area contributed by atoms with Gasteiger partial charge < -0.3 is 15.8 Å². The highest BCUT2D eigenvalue weighted by Gasteiger charge is 2.28. The maximum Gasteiger partial charge on any atom is 0.203 e. The van der Waals surface area contributed by atoms with Crippen molar-refractivity contribution in [3.63, 3.8) is 0 Å². The van der Waals surface area contributed by atoms with Gasteiger partial charge in [0.25, 0.3) is 0 Å². The van der Waals surface area contributed by atoms with Crippen LogP contribution in [0.1, 0.15) is 39.5 Å². The number of hydrogen-bond acceptors (Lipinski definition) is 5. The molecule has 1 aliphatic rings. The summed E-state index contributed by atoms with van der Waals surface area (Å²) < 4.78 is 5.30. The van der Waals surface area contributed by atoms with Crippen LogP contribution in [-0.4, -0.2) is 23.1 Å². The highest BCUT2D eigenvalue weighted by Crippen LogP contribution is 2.34. The predicted octanol–water partition coefficient (Wildman–Crippen LogP) is 2.69. The molecule has 0 aromatic carbocycles. The van der Waals surface area contributed by atoms with Crippen LogP contribution in [0.25, 0.3) is 0 Å². The van der Waals surface area contributed by atoms with E-state index in [4.69, 9.17) is 10.5 Å². The maximum absolute atomic E-state index is 5.82. The molecule has 2 unspecified atom stereocenters. The van der Waals surface area contributed by atoms with Crippen LogP contribution in [0.3, 0.4) is 0 Å². The Morgan fingerprint density at radius 2 is 2.05 bits per heavy atom. The Bertz CT molecular complexity index is 422. The molecule has 0 bridgehead atoms. The molecule has 1 aromatic rings. The normalized spacial score (nSPS) is 23.4. The SMILES string of the molecule is COc1c(N)ncnc1NC1CCCCC1C(C)C. The first-order chi connectivity index (χ1) is 9.13. The molecule has 0 radical (unpaired) electrons. The number of nitrogens with two attached hydrogens (primary N) is 1. The van der Waals surface area contributed by atoms with Crippen LogP contribution >= 0.6 is 0 Å². The van der Waals surface area contributed by atoms with E-state index >= 15 is 0 Å². The summed E-state index contributed by atoms with van der Waals surface area (Å²) in [5.74, 6) is 3.00. The fourth-order valence-corrected chi connectivity index (χ4v) is 3.00. The van der Waals surface area contributed by atoms with E-state index in [0.717, 1.165) is 0 Å². The Morgan fingerprint density at radius 1 is 1.32 bits per heavy atom. The van der Waals surface area contributed by atoms with Gasteiger partial charge in [-0.1, -0.05) is 26.7 Å². The summed E-state index contributed by atoms with van der Waals surface area (Å²) in [6.07, 6.45) is 6.52. The Hall–Kier alpha value is -1.52. The van der Waals surface area contributed by atoms with Crippen molar-refractivity contribution in [3.8, 4) is 5.75 Å². The number of hydrogen-bond donors (Lipinski definition) is 2. The lowest BCUT2D eigenvalue weighted by molar-refractivity contribution is 0.253. The molecule has 2 atom stereocenters. The molecule has 0 aliphatic heterocycles. The van der Waals surface area contributed by atoms with Crippen molar-refractivity contribution in [3.05, 3.63) is 6.33 Å². The Labute approximate surface area is 115 Å². The fourth-order valence-electron chi connectivity index (χ4n) is 3.00. The summed E-state index contributed by atoms with van der Waals surface area (Å²) >= 11 is 0. The zero-order valence-electron chi connectivity index (χ0n) is 12.0. The number of nitrogen functional groups attached to an aromatic ring is 1. The van der Waals surface area contributed by atoms with Gasteiger partial charge in [-0.05, 0) is 24.7 Å². The van der Waals surface area contributed by atoms with Gasteiger partial charge in [-0.15, -0.1) is 0 Å². The van der Waals surface area contributed by atoms with Crippen molar-refractivity contribution < 1.29 is 4.74 Å². The molecule has 3 N–H and O–H groups in total. The molecule has 2 rings (SSSR count). The average Bonchev–Trinajstić information content (AvgIpc) is 2.39. The number of methoxy groups -OCH3 is 1. The second kappa shape index (κ2) is 6.08. The third-order valence-electron chi connectivity index (χ3n) is 4.03. The van der Waals surface area contributed by atoms with Crippen LogP contribution in [0.4, 0.5) is 11.6 Å². The minimum absolute atomic E-state index is 0.386. The summed E-state index contributed by atoms with van der Waals surface area (Å²) in [5.41, 5.74) is 5.82. The van der Waals surface area contributed by atoms with Crippen molar-refractivity contribution >= 4 is 11.6 Å². The van der Waals surface area contributed by atoms with E-state index < -0.39 is 0 Å². The third-order valence-corrected chi connectivity index (χ3v) is 4.03. The minimum Gasteiger partial charge on any atom is -0.490 e. The highest BCUT2D eigenvalue weighted by molar-refractivity contribution is 5.61. The monoisotopic (exact) mass is 264 g/mol. The minimum atomic E-state index is 0.386. The predicted molar refractivity (Wildman–Crippen MR) is 77.2 cm³/mol. The molecule has 1 saturated carbocycles. The van der Waals surface area contributed by atoms with Crippen molar-refractivity contribution in [2.75, 3.05) is 18.2 Å². The van der Waals surface area contributed by atoms with Crippen LogP contribution in [0.15, 0.2) is 6.33 Å². The second-order valence-corrected chi connectivity index (χ2v) is 5.58. The smallest absolute Gasteiger partial charge is 0.203 e. The molecule has 0 saturated heterocycles. The van der Waals surface area contributed by atoms with Gasteiger partial charge in [0.1, 0.15) is 6.33 Å². The largest absolute Gasteiger partial charge is 0.490 e. The van der Waals surface area contributed by atoms with Crippen molar-refractivity contribution in [1.82, 2.24) is 9.97 Å². The van der Waals surface area contributed by atoms with Crippen molar-refractivity contribution in [2.24, 2.45) is 11.8 Å². The highest BCUT2D eigenvalue weighted by atomic mass is 16.5. The van der Waals surface area contributed by atoms with Crippen molar-refractivity contribution in [1.29, 1.82) is 0 Å². The van der Waals surface area contributed by atoms with Gasteiger partial charge in [0, 0.05) is 6.04 Å². The number of nitrogens with one attached hydrogen (secondary N) is 1. The Kier molecular flexibility index (Phi) is 4.45. The molecule has 5 heteroatoms. The molecule has 1 fully saturated rings. The molecule has 19 heavy (non-hydrogen) atoms. The summed E-state index contributed by atoms with van der Waals surface area (Å²) in [7, 11) is 1.60. The summed E-state index contributed by atoms with van der Waals surface area (Å²) in [4.78, 5) is 8.23. The van der Waals surface area contributed by atoms with E-state index in [0.29, 0.717) is 35.3 Å². The topological polar surface area (TPSA) is 73.1 Å². The molecule has 1 aromatic heterocycles. The summed E-state index contributed by atoms with van der Waals surface area (Å²) in [5, 5.41) is 3.52. The summed E-state index contributed by atoms with van der Waals surface area (Å²) in [6, 6.07) is 0.442. The van der Waals surface area contributed by atoms with E-state index in [1.165, 1.54) is 32.0 Å². The fraction of sp³-hybridized carbons (Fsp3) is 0.714. The number of ether oxygens (including phenoxy) is 1. The van der Waals surface area contributed by atoms with Gasteiger partial charge in [-0.3, -0.25) is 0 Å². The quantitative estimate of drug-likeness (QED) is 0.874. The van der Waals surface area contributed by atoms with E-state index in [1.54, 1.807) is 7.11 Å². The van der Waals surface area contributed by atoms with Gasteiger partial charge in [-0.25, -0.2) is 9.97 Å². The van der Waals surface area contributed by atoms with Crippen LogP contribution in [0.2, 0.25) is 0 Å². The molecule has 106 valence electrons. The molecular formula is C14H24N4O. The first-order valence-corrected chi connectivity index (χ1v) is 7.04. The zero-order valence-corrected chi connectivity index (χ0v) is 12.0. The molecule has 1 aliphatic carbocycles. The Balaban J connectivity index is 2.17. The van der Waals surface area contributed by atoms with Gasteiger partial charge in [0.2, 0.25) is 5.75 Å². The first-order valence-electron chi connectivity index (χ1n) is 7.04. The molecular weight excluding hydrogens is 240 g/mol. The van der Waals surface area contributed by atoms with Crippen LogP contribution in [0, 0.1) is 11.8 Å². The average molecular weight is 264 g/mol. The van der Waals surface area contributed by atoms with Gasteiger partial charge in [-0.2, -0.15) is 0 Å². The Morgan fingerprint density at radius 3 is 2.74 bits per heavy atom. The number of nitrogens with zero attached hydrogens (tertiary/aromatic N) is 2. The van der Waals surface area contributed by atoms with Crippen molar-refractivity contribution in [2.45, 2.75) is 45.6 Å². The first kappa shape index (κ1) is 13.9. The van der Waals surface area contributed by atoms with E-state index in [2.05, 4.69) is 29.1 Å². The summed E-state index contributed by atoms with van der Waals surface area (Å²) in [6.45, 7) is 4.58. The van der Waals surface area contributed by atoms with Crippen LogP contribution < -0.4 is 15.8 Å². The number of rotatable bonds is 4. The number of aromatic nitrogens is 2. The molecule has 0 amide bonds. The van der Waals surface area contributed by atoms with E-state index in [-0.39, 0.29) is 0 Å². The van der Waals surface area contributed by atoms with Gasteiger partial charge >= 0.3 is 0 Å². The second-order valence-electron chi connectivity index (χ2n) is 5.58. The zero-order chi connectivity index (χ0) is 13.8. The lowest BCUT2D eigenvalue weighted by Crippen LogP contribution is -2.35. The lowest BCUT2D eigenvalue weighted by Gasteiger charge is -2.35. The molecule has 5 nitrogen and oxygen atoms in total. The van der Waals surface area contributed by atoms with Gasteiger partial charge in [0.05, 0.1) is 7.11 Å². The van der Waals surface area contributed by atoms with E-state index in [9.17, 15) is 0 Å². The van der Waals surface area contributed by atoms with Crippen LogP contribution in [0.5, 0.6) is 5.75 Å². The molecule has 1 heterocycles. The standard InChI is InChI=1S/C14H24N4O/c1-9(2)10-6-4-5-7-11(10)18-14-12(19-3)13(15)16-8-17-14/h8-11H,4-7H2,1-3H3,(H3,15,16,17,18). The van der Waals surface area contributed by atoms with E-state index in [1.807, 2.05) is 0 Å².